The maximum atomic E-state index is 14.4. The highest BCUT2D eigenvalue weighted by Crippen LogP contribution is 2.49. The summed E-state index contributed by atoms with van der Waals surface area (Å²) in [4.78, 5) is 6.54. The molecule has 8 heteroatoms. The van der Waals surface area contributed by atoms with Gasteiger partial charge in [-0.05, 0) is 45.1 Å². The van der Waals surface area contributed by atoms with E-state index < -0.39 is 5.82 Å². The third-order valence-corrected chi connectivity index (χ3v) is 5.51. The largest absolute Gasteiger partial charge is 0.485 e. The zero-order valence-corrected chi connectivity index (χ0v) is 19.3. The van der Waals surface area contributed by atoms with Crippen molar-refractivity contribution in [3.63, 3.8) is 0 Å². The monoisotopic (exact) mass is 455 g/mol. The van der Waals surface area contributed by atoms with Gasteiger partial charge in [0.1, 0.15) is 19.0 Å². The standard InChI is InChI=1S/C25H30FN3O4/c1-4-5-6-7-22(29(2)3)33-21-15-18-23(25-24(21)30-12-13-31-25)20(10-11-28-18)32-19-9-8-16(27)14-17(19)26/h8-11,14-15,22H,4-7,12-13,27H2,1-3H3. The number of pyridine rings is 1. The lowest BCUT2D eigenvalue weighted by atomic mass is 10.1. The van der Waals surface area contributed by atoms with Crippen LogP contribution in [0.2, 0.25) is 0 Å². The van der Waals surface area contributed by atoms with Crippen molar-refractivity contribution in [3.05, 3.63) is 42.3 Å². The van der Waals surface area contributed by atoms with Gasteiger partial charge >= 0.3 is 0 Å². The van der Waals surface area contributed by atoms with E-state index in [-0.39, 0.29) is 12.0 Å². The highest BCUT2D eigenvalue weighted by molar-refractivity contribution is 5.95. The van der Waals surface area contributed by atoms with E-state index in [0.717, 1.165) is 25.7 Å². The molecule has 2 heterocycles. The minimum atomic E-state index is -0.549. The topological polar surface area (TPSA) is 79.1 Å². The van der Waals surface area contributed by atoms with E-state index in [0.29, 0.717) is 52.8 Å². The molecule has 1 aromatic heterocycles. The number of nitrogen functional groups attached to an aromatic ring is 1. The fraction of sp³-hybridized carbons (Fsp3) is 0.400. The summed E-state index contributed by atoms with van der Waals surface area (Å²) >= 11 is 0. The number of benzene rings is 2. The number of nitrogens with two attached hydrogens (primary N) is 1. The number of nitrogens with zero attached hydrogens (tertiary/aromatic N) is 2. The molecule has 0 fully saturated rings. The van der Waals surface area contributed by atoms with E-state index >= 15 is 0 Å². The Morgan fingerprint density at radius 3 is 2.58 bits per heavy atom. The number of halogens is 1. The van der Waals surface area contributed by atoms with Crippen LogP contribution in [0.5, 0.6) is 28.7 Å². The van der Waals surface area contributed by atoms with Crippen molar-refractivity contribution < 1.29 is 23.3 Å². The van der Waals surface area contributed by atoms with Crippen LogP contribution in [0.1, 0.15) is 32.6 Å². The molecule has 4 rings (SSSR count). The predicted octanol–water partition coefficient (Wildman–Crippen LogP) is 5.37. The molecule has 1 unspecified atom stereocenters. The molecule has 0 saturated carbocycles. The summed E-state index contributed by atoms with van der Waals surface area (Å²) in [5.74, 6) is 1.48. The van der Waals surface area contributed by atoms with Crippen LogP contribution in [0.3, 0.4) is 0 Å². The van der Waals surface area contributed by atoms with Crippen LogP contribution in [0.25, 0.3) is 10.9 Å². The number of aromatic nitrogens is 1. The summed E-state index contributed by atoms with van der Waals surface area (Å²) in [5, 5.41) is 0.600. The molecule has 1 aliphatic heterocycles. The van der Waals surface area contributed by atoms with Crippen LogP contribution < -0.4 is 24.7 Å². The molecule has 0 spiro atoms. The number of rotatable bonds is 9. The first-order valence-electron chi connectivity index (χ1n) is 11.2. The lowest BCUT2D eigenvalue weighted by Gasteiger charge is -2.29. The van der Waals surface area contributed by atoms with Crippen LogP contribution in [0.4, 0.5) is 10.1 Å². The van der Waals surface area contributed by atoms with E-state index in [9.17, 15) is 4.39 Å². The molecule has 1 atom stereocenters. The zero-order chi connectivity index (χ0) is 23.4. The first-order valence-corrected chi connectivity index (χ1v) is 11.2. The highest BCUT2D eigenvalue weighted by Gasteiger charge is 2.27. The summed E-state index contributed by atoms with van der Waals surface area (Å²) in [6.07, 6.45) is 5.73. The molecule has 0 amide bonds. The zero-order valence-electron chi connectivity index (χ0n) is 19.3. The van der Waals surface area contributed by atoms with Crippen LogP contribution in [0.15, 0.2) is 36.5 Å². The fourth-order valence-corrected chi connectivity index (χ4v) is 3.80. The number of anilines is 1. The van der Waals surface area contributed by atoms with Gasteiger partial charge in [-0.3, -0.25) is 9.88 Å². The van der Waals surface area contributed by atoms with Crippen LogP contribution >= 0.6 is 0 Å². The minimum absolute atomic E-state index is 0.0612. The molecule has 7 nitrogen and oxygen atoms in total. The molecule has 0 radical (unpaired) electrons. The van der Waals surface area contributed by atoms with Gasteiger partial charge in [0.2, 0.25) is 5.75 Å². The molecule has 0 bridgehead atoms. The van der Waals surface area contributed by atoms with Gasteiger partial charge in [-0.15, -0.1) is 0 Å². The van der Waals surface area contributed by atoms with Crippen molar-refractivity contribution in [3.8, 4) is 28.7 Å². The first kappa shape index (κ1) is 22.9. The van der Waals surface area contributed by atoms with E-state index in [2.05, 4.69) is 11.9 Å². The molecule has 33 heavy (non-hydrogen) atoms. The average molecular weight is 456 g/mol. The Hall–Kier alpha value is -3.26. The van der Waals surface area contributed by atoms with E-state index in [4.69, 9.17) is 24.7 Å². The number of fused-ring (bicyclic) bond motifs is 3. The second kappa shape index (κ2) is 10.1. The third kappa shape index (κ3) is 5.06. The van der Waals surface area contributed by atoms with Gasteiger partial charge in [0.25, 0.3) is 0 Å². The van der Waals surface area contributed by atoms with Gasteiger partial charge < -0.3 is 24.7 Å². The fourth-order valence-electron chi connectivity index (χ4n) is 3.80. The summed E-state index contributed by atoms with van der Waals surface area (Å²) in [5.41, 5.74) is 6.59. The van der Waals surface area contributed by atoms with Gasteiger partial charge in [-0.1, -0.05) is 19.8 Å². The van der Waals surface area contributed by atoms with Gasteiger partial charge in [0, 0.05) is 24.0 Å². The smallest absolute Gasteiger partial charge is 0.204 e. The third-order valence-electron chi connectivity index (χ3n) is 5.51. The summed E-state index contributed by atoms with van der Waals surface area (Å²) in [6, 6.07) is 7.80. The normalized spacial score (nSPS) is 13.8. The number of unbranched alkanes of at least 4 members (excludes halogenated alkanes) is 2. The maximum Gasteiger partial charge on any atom is 0.204 e. The second-order valence-electron chi connectivity index (χ2n) is 8.26. The molecule has 3 aromatic rings. The molecule has 1 aliphatic rings. The molecule has 2 aromatic carbocycles. The van der Waals surface area contributed by atoms with Crippen LogP contribution in [-0.2, 0) is 0 Å². The van der Waals surface area contributed by atoms with E-state index in [1.807, 2.05) is 25.1 Å². The van der Waals surface area contributed by atoms with Crippen LogP contribution in [0, 0.1) is 5.82 Å². The van der Waals surface area contributed by atoms with E-state index in [1.54, 1.807) is 18.3 Å². The summed E-state index contributed by atoms with van der Waals surface area (Å²) < 4.78 is 38.6. The van der Waals surface area contributed by atoms with Crippen LogP contribution in [-0.4, -0.2) is 43.4 Å². The quantitative estimate of drug-likeness (QED) is 0.264. The van der Waals surface area contributed by atoms with Crippen molar-refractivity contribution in [1.82, 2.24) is 9.88 Å². The van der Waals surface area contributed by atoms with Crippen molar-refractivity contribution in [1.29, 1.82) is 0 Å². The second-order valence-corrected chi connectivity index (χ2v) is 8.26. The number of ether oxygens (including phenoxy) is 4. The van der Waals surface area contributed by atoms with Gasteiger partial charge in [0.15, 0.2) is 29.3 Å². The summed E-state index contributed by atoms with van der Waals surface area (Å²) in [7, 11) is 3.99. The van der Waals surface area contributed by atoms with Crippen molar-refractivity contribution in [2.45, 2.75) is 38.8 Å². The van der Waals surface area contributed by atoms with Crippen molar-refractivity contribution in [2.24, 2.45) is 0 Å². The Bertz CT molecular complexity index is 1120. The Balaban J connectivity index is 1.74. The SMILES string of the molecule is CCCCCC(Oc1cc2nccc(Oc3ccc(N)cc3F)c2c2c1OCCO2)N(C)C. The highest BCUT2D eigenvalue weighted by atomic mass is 19.1. The molecule has 0 saturated heterocycles. The Labute approximate surface area is 193 Å². The molecule has 2 N–H and O–H groups in total. The molecular formula is C25H30FN3O4. The first-order chi connectivity index (χ1) is 16.0. The summed E-state index contributed by atoms with van der Waals surface area (Å²) in [6.45, 7) is 2.96. The number of hydrogen-bond donors (Lipinski definition) is 1. The Morgan fingerprint density at radius 1 is 1.06 bits per heavy atom. The predicted molar refractivity (Wildman–Crippen MR) is 126 cm³/mol. The number of hydrogen-bond acceptors (Lipinski definition) is 7. The van der Waals surface area contributed by atoms with Gasteiger partial charge in [0.05, 0.1) is 10.9 Å². The average Bonchev–Trinajstić information content (AvgIpc) is 2.80. The van der Waals surface area contributed by atoms with E-state index in [1.165, 1.54) is 12.1 Å². The minimum Gasteiger partial charge on any atom is -0.485 e. The van der Waals surface area contributed by atoms with Crippen molar-refractivity contribution >= 4 is 16.6 Å². The Kier molecular flexibility index (Phi) is 7.03. The molecule has 0 aliphatic carbocycles. The van der Waals surface area contributed by atoms with Gasteiger partial charge in [-0.2, -0.15) is 0 Å². The lowest BCUT2D eigenvalue weighted by molar-refractivity contribution is 0.0487. The molecule has 176 valence electrons. The van der Waals surface area contributed by atoms with Gasteiger partial charge in [-0.25, -0.2) is 4.39 Å². The molecular weight excluding hydrogens is 425 g/mol. The maximum absolute atomic E-state index is 14.4. The van der Waals surface area contributed by atoms with Crippen molar-refractivity contribution in [2.75, 3.05) is 33.0 Å². The lowest BCUT2D eigenvalue weighted by Crippen LogP contribution is -2.33. The Morgan fingerprint density at radius 2 is 1.85 bits per heavy atom.